The number of carbonyl (C=O) groups is 3. The van der Waals surface area contributed by atoms with Gasteiger partial charge >= 0.3 is 34.1 Å². The molecule has 0 fully saturated rings. The molecule has 548 valence electrons. The Kier molecular flexibility index (Phi) is 39.4. The van der Waals surface area contributed by atoms with E-state index < -0.39 is 72.9 Å². The molecule has 0 unspecified atom stereocenters. The Morgan fingerprint density at radius 1 is 0.566 bits per heavy atom. The van der Waals surface area contributed by atoms with Crippen LogP contribution in [0.1, 0.15) is 134 Å². The largest absolute Gasteiger partial charge is 0.499 e. The number of ether oxygens (including phenoxy) is 2. The lowest BCUT2D eigenvalue weighted by atomic mass is 10.2. The highest BCUT2D eigenvalue weighted by Gasteiger charge is 2.19. The van der Waals surface area contributed by atoms with Crippen LogP contribution in [0.15, 0.2) is 93.0 Å². The Morgan fingerprint density at radius 2 is 0.939 bits per heavy atom. The Bertz CT molecular complexity index is 4300. The third-order valence-electron chi connectivity index (χ3n) is 12.4. The number of aryl methyl sites for hydroxylation is 6. The van der Waals surface area contributed by atoms with Crippen molar-refractivity contribution in [2.45, 2.75) is 167 Å². The van der Waals surface area contributed by atoms with Crippen LogP contribution in [0.3, 0.4) is 0 Å². The highest BCUT2D eigenvalue weighted by molar-refractivity contribution is 7.11. The number of halogens is 2. The first-order chi connectivity index (χ1) is 45.3. The Balaban J connectivity index is 0.00000123. The number of pyridine rings is 3. The molecule has 35 heteroatoms. The van der Waals surface area contributed by atoms with Crippen molar-refractivity contribution in [3.8, 4) is 5.06 Å². The van der Waals surface area contributed by atoms with Crippen LogP contribution in [0.5, 0.6) is 5.06 Å². The number of ketones is 1. The number of amides is 2. The fourth-order valence-corrected chi connectivity index (χ4v) is 9.32. The van der Waals surface area contributed by atoms with E-state index in [1.807, 2.05) is 63.9 Å². The van der Waals surface area contributed by atoms with Gasteiger partial charge < -0.3 is 57.1 Å². The summed E-state index contributed by atoms with van der Waals surface area (Å²) < 4.78 is 16.6. The topological polar surface area (TPSA) is 478 Å². The SMILES string of the molecule is C.CC(=O)c1c(O)sc(=O)[nH]c1=O.Cc1cc(=O)[nH]c(=O)n1CCO.Cc1cc(CN)cc(Cn2c(=O)cc(C)n(CCO)c2=O)n1.Cc1cc(CNC(=O)OC(C)(C)C)cc(CCl)n1.Cc1cc(CNC(=O)OC(C)(C)C)cc(Cn2c(=O)cc(C)n(CCO)c2=O)n1.Cl.NCCO. The smallest absolute Gasteiger partial charge is 0.407 e. The first-order valence-electron chi connectivity index (χ1n) is 30.0. The summed E-state index contributed by atoms with van der Waals surface area (Å²) in [4.78, 5) is 143. The lowest BCUT2D eigenvalue weighted by Gasteiger charge is -2.19. The van der Waals surface area contributed by atoms with Crippen LogP contribution in [-0.4, -0.2) is 135 Å². The molecule has 0 saturated carbocycles. The average molecular weight is 1450 g/mol. The fourth-order valence-electron chi connectivity index (χ4n) is 8.53. The van der Waals surface area contributed by atoms with E-state index in [2.05, 4.69) is 30.6 Å². The molecule has 0 aromatic carbocycles. The van der Waals surface area contributed by atoms with Crippen LogP contribution in [0, 0.1) is 41.5 Å². The molecular formula is C64H94Cl2N14O18S. The zero-order valence-electron chi connectivity index (χ0n) is 57.1. The van der Waals surface area contributed by atoms with Gasteiger partial charge in [-0.05, 0) is 154 Å². The standard InChI is InChI=1S/C20H28N4O5.C15H20N4O3.C13H19ClN2O2.C7H10N2O3.C6H5NO4S.C2H7NO.CH4.ClH/c1-13-8-15(11-21-18(27)29-20(3,4)5)10-16(22-13)12-24-17(26)9-14(2)23(6-7-25)19(24)28;1-10-5-12(8-16)7-13(17-10)9-19-14(21)6-11(2)18(3-4-20)15(19)22;1-9-5-10(6-11(7-14)16-9)8-15-12(17)18-13(2,3)4;1-5-4-6(11)8-7(12)9(5)2-3-10;1-2(8)3-4(9)7-6(11)12-5(3)10;3-1-2-4;;/h8-10,25H,6-7,11-12H2,1-5H3,(H,21,27);5-7,20H,3-4,8-9,16H2,1-2H3;5-6H,7-8H2,1-4H3,(H,15,17);4,10H,2-3H2,1H3,(H,8,11,12);10H,1H3,(H,7,9,11);4H,1-3H2;1H4;1H. The minimum absolute atomic E-state index is 0. The summed E-state index contributed by atoms with van der Waals surface area (Å²) in [6.07, 6.45) is -0.959. The second-order valence-corrected chi connectivity index (χ2v) is 24.4. The van der Waals surface area contributed by atoms with E-state index in [-0.39, 0.29) is 96.7 Å². The van der Waals surface area contributed by atoms with Crippen molar-refractivity contribution in [2.24, 2.45) is 11.5 Å². The number of aromatic nitrogens is 10. The van der Waals surface area contributed by atoms with Gasteiger partial charge in [0.2, 0.25) is 0 Å². The molecule has 99 heavy (non-hydrogen) atoms. The van der Waals surface area contributed by atoms with Gasteiger partial charge in [-0.1, -0.05) is 7.43 Å². The number of H-pyrrole nitrogens is 2. The maximum absolute atomic E-state index is 12.6. The summed E-state index contributed by atoms with van der Waals surface area (Å²) >= 11 is 6.17. The molecule has 7 aromatic rings. The van der Waals surface area contributed by atoms with Gasteiger partial charge in [-0.3, -0.25) is 76.5 Å². The van der Waals surface area contributed by atoms with E-state index in [0.717, 1.165) is 49.8 Å². The van der Waals surface area contributed by atoms with E-state index in [0.29, 0.717) is 71.0 Å². The Morgan fingerprint density at radius 3 is 1.29 bits per heavy atom. The molecule has 7 heterocycles. The summed E-state index contributed by atoms with van der Waals surface area (Å²) in [6, 6.07) is 15.0. The molecule has 7 aromatic heterocycles. The summed E-state index contributed by atoms with van der Waals surface area (Å²) in [5.74, 6) is -0.203. The van der Waals surface area contributed by atoms with Gasteiger partial charge in [0.15, 0.2) is 10.8 Å². The molecular weight excluding hydrogens is 1360 g/mol. The zero-order valence-corrected chi connectivity index (χ0v) is 59.5. The quantitative estimate of drug-likeness (QED) is 0.0434. The monoisotopic (exact) mass is 1450 g/mol. The van der Waals surface area contributed by atoms with Crippen LogP contribution in [-0.2, 0) is 67.7 Å². The first kappa shape index (κ1) is 89.9. The van der Waals surface area contributed by atoms with Gasteiger partial charge in [0.1, 0.15) is 16.8 Å². The van der Waals surface area contributed by atoms with Crippen LogP contribution in [0.25, 0.3) is 0 Å². The Labute approximate surface area is 585 Å². The maximum Gasteiger partial charge on any atom is 0.407 e. The minimum Gasteiger partial charge on any atom is -0.499 e. The first-order valence-corrected chi connectivity index (χ1v) is 31.3. The van der Waals surface area contributed by atoms with Crippen molar-refractivity contribution >= 4 is 53.3 Å². The second-order valence-electron chi connectivity index (χ2n) is 23.2. The summed E-state index contributed by atoms with van der Waals surface area (Å²) in [5.41, 5.74) is 14.0. The number of nitrogens with one attached hydrogen (secondary N) is 4. The number of alkyl carbamates (subject to hydrolysis) is 2. The number of rotatable bonds is 18. The van der Waals surface area contributed by atoms with Gasteiger partial charge in [-0.2, -0.15) is 0 Å². The number of aliphatic hydroxyl groups is 4. The normalized spacial score (nSPS) is 10.5. The van der Waals surface area contributed by atoms with Crippen molar-refractivity contribution in [3.05, 3.63) is 211 Å². The number of hydrogen-bond donors (Lipinski definition) is 11. The van der Waals surface area contributed by atoms with Gasteiger partial charge in [-0.15, -0.1) is 24.0 Å². The minimum atomic E-state index is -0.844. The molecule has 32 nitrogen and oxygen atoms in total. The highest BCUT2D eigenvalue weighted by Crippen LogP contribution is 2.15. The van der Waals surface area contributed by atoms with Gasteiger partial charge in [0, 0.05) is 78.5 Å². The van der Waals surface area contributed by atoms with Gasteiger partial charge in [0.25, 0.3) is 22.2 Å². The number of aromatic amines is 2. The number of aromatic hydroxyl groups is 1. The predicted molar refractivity (Wildman–Crippen MR) is 378 cm³/mol. The lowest BCUT2D eigenvalue weighted by Crippen LogP contribution is -2.41. The maximum atomic E-state index is 12.6. The molecule has 0 bridgehead atoms. The van der Waals surface area contributed by atoms with Crippen LogP contribution >= 0.6 is 35.3 Å². The predicted octanol–water partition coefficient (Wildman–Crippen LogP) is 2.30. The summed E-state index contributed by atoms with van der Waals surface area (Å²) in [5, 5.41) is 48.4. The van der Waals surface area contributed by atoms with Gasteiger partial charge in [-0.25, -0.2) is 24.0 Å². The van der Waals surface area contributed by atoms with E-state index in [1.165, 1.54) is 31.9 Å². The number of nitrogens with zero attached hydrogens (tertiary/aromatic N) is 8. The second kappa shape index (κ2) is 43.4. The molecule has 7 rings (SSSR count). The number of hydrogen-bond acceptors (Lipinski definition) is 24. The number of carbonyl (C=O) groups excluding carboxylic acids is 3. The lowest BCUT2D eigenvalue weighted by molar-refractivity contribution is 0.0512. The zero-order chi connectivity index (χ0) is 73.7. The molecule has 0 atom stereocenters. The molecule has 0 aliphatic heterocycles. The van der Waals surface area contributed by atoms with Crippen molar-refractivity contribution in [2.75, 3.05) is 33.0 Å². The third-order valence-corrected chi connectivity index (χ3v) is 13.4. The van der Waals surface area contributed by atoms with Crippen LogP contribution in [0.2, 0.25) is 0 Å². The molecule has 0 spiro atoms. The van der Waals surface area contributed by atoms with Crippen LogP contribution < -0.4 is 66.3 Å². The van der Waals surface area contributed by atoms with E-state index in [9.17, 15) is 52.7 Å². The average Bonchev–Trinajstić information content (AvgIpc) is 0.812. The van der Waals surface area contributed by atoms with Crippen molar-refractivity contribution in [1.29, 1.82) is 0 Å². The molecule has 0 aliphatic rings. The molecule has 0 radical (unpaired) electrons. The molecule has 2 amide bonds. The van der Waals surface area contributed by atoms with Gasteiger partial charge in [0.05, 0.1) is 82.1 Å². The Hall–Kier alpha value is -9.06. The molecule has 0 saturated heterocycles. The number of Topliss-reactive ketones (excluding diaryl/α,β-unsaturated/α-hetero) is 1. The number of aliphatic hydroxyl groups excluding tert-OH is 4. The number of nitrogens with two attached hydrogens (primary N) is 2. The van der Waals surface area contributed by atoms with Crippen molar-refractivity contribution in [3.63, 3.8) is 0 Å². The number of alkyl halides is 1. The van der Waals surface area contributed by atoms with E-state index >= 15 is 0 Å². The van der Waals surface area contributed by atoms with Crippen molar-refractivity contribution < 1.29 is 49.4 Å². The van der Waals surface area contributed by atoms with Crippen LogP contribution in [0.4, 0.5) is 9.59 Å². The third kappa shape index (κ3) is 32.0. The van der Waals surface area contributed by atoms with Crippen molar-refractivity contribution in [1.82, 2.24) is 58.4 Å². The fraction of sp³-hybridized carbons (Fsp3) is 0.469. The molecule has 13 N–H and O–H groups in total. The van der Waals surface area contributed by atoms with E-state index in [1.54, 1.807) is 60.6 Å². The summed E-state index contributed by atoms with van der Waals surface area (Å²) in [7, 11) is 0. The van der Waals surface area contributed by atoms with E-state index in [4.69, 9.17) is 58.1 Å². The molecule has 0 aliphatic carbocycles. The highest BCUT2D eigenvalue weighted by atomic mass is 35.5. The summed E-state index contributed by atoms with van der Waals surface area (Å²) in [6.45, 7) is 24.0.